The Hall–Kier alpha value is -3.03. The maximum atomic E-state index is 12.2. The van der Waals surface area contributed by atoms with Gasteiger partial charge in [0.25, 0.3) is 0 Å². The van der Waals surface area contributed by atoms with Gasteiger partial charge in [-0.3, -0.25) is 4.68 Å². The zero-order valence-corrected chi connectivity index (χ0v) is 15.6. The van der Waals surface area contributed by atoms with Crippen LogP contribution >= 0.6 is 0 Å². The Morgan fingerprint density at radius 1 is 1.30 bits per heavy atom. The summed E-state index contributed by atoms with van der Waals surface area (Å²) in [4.78, 5) is 25.9. The fraction of sp³-hybridized carbons (Fsp3) is 0.421. The van der Waals surface area contributed by atoms with Gasteiger partial charge in [0.15, 0.2) is 0 Å². The molecule has 1 aromatic heterocycles. The SMILES string of the molecule is CC(C)n1cc(NC(=O)N[C@@H]2CCN(C(=O)OCc3ccccc3)C2)cn1. The second-order valence-corrected chi connectivity index (χ2v) is 6.87. The Kier molecular flexibility index (Phi) is 5.95. The molecule has 8 heteroatoms. The number of carbonyl (C=O) groups excluding carboxylic acids is 2. The van der Waals surface area contributed by atoms with Gasteiger partial charge in [-0.1, -0.05) is 30.3 Å². The zero-order valence-electron chi connectivity index (χ0n) is 15.6. The van der Waals surface area contributed by atoms with Crippen LogP contribution < -0.4 is 10.6 Å². The summed E-state index contributed by atoms with van der Waals surface area (Å²) in [6, 6.07) is 9.37. The molecule has 1 fully saturated rings. The predicted octanol–water partition coefficient (Wildman–Crippen LogP) is 3.00. The fourth-order valence-corrected chi connectivity index (χ4v) is 2.89. The summed E-state index contributed by atoms with van der Waals surface area (Å²) in [5, 5.41) is 9.84. The van der Waals surface area contributed by atoms with Crippen molar-refractivity contribution in [1.82, 2.24) is 20.0 Å². The highest BCUT2D eigenvalue weighted by Crippen LogP contribution is 2.13. The molecule has 1 aliphatic rings. The van der Waals surface area contributed by atoms with E-state index in [1.165, 1.54) is 0 Å². The van der Waals surface area contributed by atoms with Gasteiger partial charge in [0.2, 0.25) is 0 Å². The number of ether oxygens (including phenoxy) is 1. The molecular weight excluding hydrogens is 346 g/mol. The number of urea groups is 1. The Morgan fingerprint density at radius 3 is 2.78 bits per heavy atom. The second kappa shape index (κ2) is 8.57. The first-order chi connectivity index (χ1) is 13.0. The van der Waals surface area contributed by atoms with Crippen LogP contribution in [0.2, 0.25) is 0 Å². The quantitative estimate of drug-likeness (QED) is 0.846. The number of hydrogen-bond acceptors (Lipinski definition) is 4. The van der Waals surface area contributed by atoms with Crippen molar-refractivity contribution >= 4 is 17.8 Å². The summed E-state index contributed by atoms with van der Waals surface area (Å²) >= 11 is 0. The molecule has 0 aliphatic carbocycles. The normalized spacial score (nSPS) is 16.4. The molecule has 2 N–H and O–H groups in total. The van der Waals surface area contributed by atoms with Gasteiger partial charge >= 0.3 is 12.1 Å². The van der Waals surface area contributed by atoms with Crippen LogP contribution in [-0.2, 0) is 11.3 Å². The van der Waals surface area contributed by atoms with Gasteiger partial charge in [0.1, 0.15) is 6.61 Å². The topological polar surface area (TPSA) is 88.5 Å². The van der Waals surface area contributed by atoms with Crippen LogP contribution in [0.3, 0.4) is 0 Å². The molecule has 0 bridgehead atoms. The lowest BCUT2D eigenvalue weighted by Crippen LogP contribution is -2.40. The summed E-state index contributed by atoms with van der Waals surface area (Å²) in [5.74, 6) is 0. The highest BCUT2D eigenvalue weighted by atomic mass is 16.6. The third kappa shape index (κ3) is 5.22. The molecule has 8 nitrogen and oxygen atoms in total. The summed E-state index contributed by atoms with van der Waals surface area (Å²) in [7, 11) is 0. The maximum absolute atomic E-state index is 12.2. The highest BCUT2D eigenvalue weighted by molar-refractivity contribution is 5.89. The van der Waals surface area contributed by atoms with Crippen LogP contribution in [-0.4, -0.2) is 45.9 Å². The number of anilines is 1. The molecule has 3 rings (SSSR count). The molecule has 2 aromatic rings. The number of nitrogens with one attached hydrogen (secondary N) is 2. The molecule has 2 heterocycles. The van der Waals surface area contributed by atoms with Crippen LogP contribution in [0.25, 0.3) is 0 Å². The number of nitrogens with zero attached hydrogens (tertiary/aromatic N) is 3. The van der Waals surface area contributed by atoms with Crippen molar-refractivity contribution in [2.45, 2.75) is 39.0 Å². The first kappa shape index (κ1) is 18.8. The lowest BCUT2D eigenvalue weighted by Gasteiger charge is -2.17. The largest absolute Gasteiger partial charge is 0.445 e. The number of carbonyl (C=O) groups is 2. The van der Waals surface area contributed by atoms with Crippen LogP contribution in [0, 0.1) is 0 Å². The van der Waals surface area contributed by atoms with Crippen molar-refractivity contribution in [2.24, 2.45) is 0 Å². The molecule has 1 aromatic carbocycles. The van der Waals surface area contributed by atoms with E-state index in [1.54, 1.807) is 22.0 Å². The van der Waals surface area contributed by atoms with E-state index in [2.05, 4.69) is 15.7 Å². The van der Waals surface area contributed by atoms with Crippen LogP contribution in [0.1, 0.15) is 31.9 Å². The van der Waals surface area contributed by atoms with Gasteiger partial charge < -0.3 is 20.3 Å². The molecule has 0 saturated carbocycles. The van der Waals surface area contributed by atoms with Gasteiger partial charge in [-0.05, 0) is 25.8 Å². The molecule has 0 spiro atoms. The fourth-order valence-electron chi connectivity index (χ4n) is 2.89. The number of rotatable bonds is 5. The smallest absolute Gasteiger partial charge is 0.410 e. The monoisotopic (exact) mass is 371 g/mol. The molecule has 144 valence electrons. The van der Waals surface area contributed by atoms with Gasteiger partial charge in [0, 0.05) is 31.4 Å². The summed E-state index contributed by atoms with van der Waals surface area (Å²) in [6.07, 6.45) is 3.73. The molecule has 1 atom stereocenters. The van der Waals surface area contributed by atoms with Gasteiger partial charge in [-0.2, -0.15) is 5.10 Å². The first-order valence-corrected chi connectivity index (χ1v) is 9.08. The Bertz CT molecular complexity index is 775. The number of benzene rings is 1. The van der Waals surface area contributed by atoms with Crippen molar-refractivity contribution < 1.29 is 14.3 Å². The average molecular weight is 371 g/mol. The van der Waals surface area contributed by atoms with Crippen molar-refractivity contribution in [3.8, 4) is 0 Å². The summed E-state index contributed by atoms with van der Waals surface area (Å²) in [5.41, 5.74) is 1.58. The van der Waals surface area contributed by atoms with Crippen LogP contribution in [0.5, 0.6) is 0 Å². The second-order valence-electron chi connectivity index (χ2n) is 6.87. The van der Waals surface area contributed by atoms with E-state index in [1.807, 2.05) is 44.2 Å². The Morgan fingerprint density at radius 2 is 2.07 bits per heavy atom. The van der Waals surface area contributed by atoms with Crippen LogP contribution in [0.4, 0.5) is 15.3 Å². The number of hydrogen-bond donors (Lipinski definition) is 2. The Balaban J connectivity index is 1.42. The van der Waals surface area contributed by atoms with Crippen molar-refractivity contribution in [3.63, 3.8) is 0 Å². The van der Waals surface area contributed by atoms with Crippen molar-refractivity contribution in [2.75, 3.05) is 18.4 Å². The lowest BCUT2D eigenvalue weighted by atomic mass is 10.2. The average Bonchev–Trinajstić information content (AvgIpc) is 3.30. The summed E-state index contributed by atoms with van der Waals surface area (Å²) < 4.78 is 7.11. The van der Waals surface area contributed by atoms with E-state index in [-0.39, 0.29) is 30.8 Å². The van der Waals surface area contributed by atoms with Crippen molar-refractivity contribution in [3.05, 3.63) is 48.3 Å². The molecule has 3 amide bonds. The minimum absolute atomic E-state index is 0.102. The maximum Gasteiger partial charge on any atom is 0.410 e. The van der Waals surface area contributed by atoms with E-state index >= 15 is 0 Å². The van der Waals surface area contributed by atoms with Crippen LogP contribution in [0.15, 0.2) is 42.7 Å². The number of aromatic nitrogens is 2. The van der Waals surface area contributed by atoms with Gasteiger partial charge in [0.05, 0.1) is 11.9 Å². The van der Waals surface area contributed by atoms with Gasteiger partial charge in [-0.25, -0.2) is 9.59 Å². The van der Waals surface area contributed by atoms with Gasteiger partial charge in [-0.15, -0.1) is 0 Å². The minimum atomic E-state index is -0.359. The summed E-state index contributed by atoms with van der Waals surface area (Å²) in [6.45, 7) is 5.27. The van der Waals surface area contributed by atoms with E-state index in [4.69, 9.17) is 4.74 Å². The third-order valence-electron chi connectivity index (χ3n) is 4.38. The third-order valence-corrected chi connectivity index (χ3v) is 4.38. The number of likely N-dealkylation sites (tertiary alicyclic amines) is 1. The molecule has 1 aliphatic heterocycles. The standard InChI is InChI=1S/C19H25N5O3/c1-14(2)24-12-17(10-20-24)22-18(25)21-16-8-9-23(11-16)19(26)27-13-15-6-4-3-5-7-15/h3-7,10,12,14,16H,8-9,11,13H2,1-2H3,(H2,21,22,25)/t16-/m1/s1. The molecule has 27 heavy (non-hydrogen) atoms. The number of amides is 3. The lowest BCUT2D eigenvalue weighted by molar-refractivity contribution is 0.103. The van der Waals surface area contributed by atoms with E-state index in [0.29, 0.717) is 25.2 Å². The molecule has 1 saturated heterocycles. The van der Waals surface area contributed by atoms with Crippen molar-refractivity contribution in [1.29, 1.82) is 0 Å². The molecule has 0 radical (unpaired) electrons. The van der Waals surface area contributed by atoms with E-state index in [9.17, 15) is 9.59 Å². The molecule has 0 unspecified atom stereocenters. The first-order valence-electron chi connectivity index (χ1n) is 9.08. The predicted molar refractivity (Wildman–Crippen MR) is 101 cm³/mol. The minimum Gasteiger partial charge on any atom is -0.445 e. The Labute approximate surface area is 158 Å². The van der Waals surface area contributed by atoms with E-state index in [0.717, 1.165) is 5.56 Å². The highest BCUT2D eigenvalue weighted by Gasteiger charge is 2.28. The van der Waals surface area contributed by atoms with E-state index < -0.39 is 0 Å². The molecular formula is C19H25N5O3. The zero-order chi connectivity index (χ0) is 19.2.